The molecule has 0 radical (unpaired) electrons. The van der Waals surface area contributed by atoms with Crippen LogP contribution in [0, 0.1) is 19.7 Å². The molecule has 19 heavy (non-hydrogen) atoms. The maximum atomic E-state index is 13.7. The van der Waals surface area contributed by atoms with Crippen molar-refractivity contribution in [2.75, 3.05) is 5.32 Å². The summed E-state index contributed by atoms with van der Waals surface area (Å²) in [6.45, 7) is 4.23. The van der Waals surface area contributed by atoms with Gasteiger partial charge in [-0.3, -0.25) is 0 Å². The Labute approximate surface area is 115 Å². The molecule has 0 unspecified atom stereocenters. The average molecular weight is 279 g/mol. The number of nitrogens with one attached hydrogen (secondary N) is 1. The quantitative estimate of drug-likeness (QED) is 0.842. The number of aromatic nitrogens is 1. The Morgan fingerprint density at radius 3 is 2.74 bits per heavy atom. The molecular weight excluding hydrogens is 265 g/mol. The Hall–Kier alpha value is -1.95. The van der Waals surface area contributed by atoms with Gasteiger partial charge in [-0.25, -0.2) is 4.39 Å². The van der Waals surface area contributed by atoms with Crippen molar-refractivity contribution in [2.45, 2.75) is 20.4 Å². The van der Waals surface area contributed by atoms with Crippen LogP contribution >= 0.6 is 12.2 Å². The summed E-state index contributed by atoms with van der Waals surface area (Å²) in [5.74, 6) is 0.321. The summed E-state index contributed by atoms with van der Waals surface area (Å²) in [5.41, 5.74) is 8.10. The zero-order chi connectivity index (χ0) is 14.0. The Balaban J connectivity index is 2.13. The van der Waals surface area contributed by atoms with E-state index in [0.29, 0.717) is 12.2 Å². The van der Waals surface area contributed by atoms with Crippen molar-refractivity contribution < 1.29 is 8.91 Å². The second-order valence-electron chi connectivity index (χ2n) is 4.22. The highest BCUT2D eigenvalue weighted by molar-refractivity contribution is 7.80. The standard InChI is InChI=1S/C13H14FN3OS/c1-7-11(8(2)18-17-7)6-16-9-3-4-10(13(15)19)12(14)5-9/h3-5,16H,6H2,1-2H3,(H2,15,19). The molecule has 0 spiro atoms. The molecular formula is C13H14FN3OS. The Bertz CT molecular complexity index is 605. The van der Waals surface area contributed by atoms with E-state index < -0.39 is 5.82 Å². The zero-order valence-electron chi connectivity index (χ0n) is 10.7. The van der Waals surface area contributed by atoms with Crippen LogP contribution in [0.3, 0.4) is 0 Å². The average Bonchev–Trinajstić information content (AvgIpc) is 2.66. The summed E-state index contributed by atoms with van der Waals surface area (Å²) < 4.78 is 18.7. The third kappa shape index (κ3) is 2.90. The zero-order valence-corrected chi connectivity index (χ0v) is 11.5. The number of hydrogen-bond donors (Lipinski definition) is 2. The van der Waals surface area contributed by atoms with Crippen molar-refractivity contribution in [3.05, 3.63) is 46.6 Å². The van der Waals surface area contributed by atoms with Gasteiger partial charge in [0.1, 0.15) is 16.6 Å². The number of thiocarbonyl (C=S) groups is 1. The van der Waals surface area contributed by atoms with Gasteiger partial charge in [0.05, 0.1) is 5.69 Å². The Morgan fingerprint density at radius 2 is 2.21 bits per heavy atom. The number of hydrogen-bond acceptors (Lipinski definition) is 4. The van der Waals surface area contributed by atoms with Gasteiger partial charge in [-0.05, 0) is 32.0 Å². The van der Waals surface area contributed by atoms with E-state index in [1.54, 1.807) is 12.1 Å². The molecule has 0 aliphatic rings. The summed E-state index contributed by atoms with van der Waals surface area (Å²) in [5, 5.41) is 6.97. The van der Waals surface area contributed by atoms with Gasteiger partial charge in [0.2, 0.25) is 0 Å². The minimum absolute atomic E-state index is 0.0507. The largest absolute Gasteiger partial charge is 0.389 e. The van der Waals surface area contributed by atoms with Crippen LogP contribution < -0.4 is 11.1 Å². The Morgan fingerprint density at radius 1 is 1.47 bits per heavy atom. The molecule has 0 atom stereocenters. The van der Waals surface area contributed by atoms with Gasteiger partial charge in [-0.15, -0.1) is 0 Å². The molecule has 0 fully saturated rings. The fourth-order valence-corrected chi connectivity index (χ4v) is 1.94. The van der Waals surface area contributed by atoms with E-state index in [1.807, 2.05) is 13.8 Å². The second kappa shape index (κ2) is 5.36. The predicted octanol–water partition coefficient (Wildman–Crippen LogP) is 2.68. The summed E-state index contributed by atoms with van der Waals surface area (Å²) in [7, 11) is 0. The molecule has 1 heterocycles. The number of aryl methyl sites for hydroxylation is 2. The lowest BCUT2D eigenvalue weighted by Gasteiger charge is -2.08. The first-order chi connectivity index (χ1) is 8.99. The fourth-order valence-electron chi connectivity index (χ4n) is 1.77. The van der Waals surface area contributed by atoms with Crippen molar-refractivity contribution in [3.8, 4) is 0 Å². The van der Waals surface area contributed by atoms with E-state index in [1.165, 1.54) is 6.07 Å². The molecule has 3 N–H and O–H groups in total. The molecule has 2 rings (SSSR count). The molecule has 0 amide bonds. The lowest BCUT2D eigenvalue weighted by atomic mass is 10.1. The molecule has 6 heteroatoms. The van der Waals surface area contributed by atoms with Crippen LogP contribution in [0.5, 0.6) is 0 Å². The molecule has 0 saturated heterocycles. The van der Waals surface area contributed by atoms with Crippen molar-refractivity contribution in [3.63, 3.8) is 0 Å². The highest BCUT2D eigenvalue weighted by Gasteiger charge is 2.10. The molecule has 0 aliphatic heterocycles. The van der Waals surface area contributed by atoms with Crippen LogP contribution in [-0.2, 0) is 6.54 Å². The third-order valence-corrected chi connectivity index (χ3v) is 3.10. The van der Waals surface area contributed by atoms with E-state index in [2.05, 4.69) is 10.5 Å². The fraction of sp³-hybridized carbons (Fsp3) is 0.231. The van der Waals surface area contributed by atoms with E-state index >= 15 is 0 Å². The molecule has 0 bridgehead atoms. The van der Waals surface area contributed by atoms with Gasteiger partial charge < -0.3 is 15.6 Å². The summed E-state index contributed by atoms with van der Waals surface area (Å²) in [6, 6.07) is 4.66. The Kier molecular flexibility index (Phi) is 3.80. The number of nitrogens with zero attached hydrogens (tertiary/aromatic N) is 1. The summed E-state index contributed by atoms with van der Waals surface area (Å²) in [6.07, 6.45) is 0. The first-order valence-electron chi connectivity index (χ1n) is 5.74. The summed E-state index contributed by atoms with van der Waals surface area (Å²) >= 11 is 4.75. The topological polar surface area (TPSA) is 64.1 Å². The van der Waals surface area contributed by atoms with Gasteiger partial charge in [-0.2, -0.15) is 0 Å². The molecule has 4 nitrogen and oxygen atoms in total. The van der Waals surface area contributed by atoms with Crippen molar-refractivity contribution in [1.29, 1.82) is 0 Å². The van der Waals surface area contributed by atoms with Gasteiger partial charge in [0, 0.05) is 23.4 Å². The van der Waals surface area contributed by atoms with Gasteiger partial charge in [0.25, 0.3) is 0 Å². The van der Waals surface area contributed by atoms with Gasteiger partial charge in [-0.1, -0.05) is 17.4 Å². The third-order valence-electron chi connectivity index (χ3n) is 2.89. The highest BCUT2D eigenvalue weighted by Crippen LogP contribution is 2.18. The maximum absolute atomic E-state index is 13.7. The first kappa shape index (κ1) is 13.5. The minimum Gasteiger partial charge on any atom is -0.389 e. The first-order valence-corrected chi connectivity index (χ1v) is 6.15. The van der Waals surface area contributed by atoms with Crippen LogP contribution in [0.4, 0.5) is 10.1 Å². The monoisotopic (exact) mass is 279 g/mol. The highest BCUT2D eigenvalue weighted by atomic mass is 32.1. The van der Waals surface area contributed by atoms with Crippen molar-refractivity contribution >= 4 is 22.9 Å². The predicted molar refractivity (Wildman–Crippen MR) is 75.6 cm³/mol. The molecule has 1 aromatic carbocycles. The maximum Gasteiger partial charge on any atom is 0.138 e. The van der Waals surface area contributed by atoms with Crippen molar-refractivity contribution in [1.82, 2.24) is 5.16 Å². The summed E-state index contributed by atoms with van der Waals surface area (Å²) in [4.78, 5) is 0.0507. The number of nitrogens with two attached hydrogens (primary N) is 1. The molecule has 100 valence electrons. The minimum atomic E-state index is -0.434. The number of halogens is 1. The lowest BCUT2D eigenvalue weighted by molar-refractivity contribution is 0.392. The normalized spacial score (nSPS) is 10.5. The number of rotatable bonds is 4. The van der Waals surface area contributed by atoms with Crippen LogP contribution in [-0.4, -0.2) is 10.1 Å². The van der Waals surface area contributed by atoms with Crippen LogP contribution in [0.25, 0.3) is 0 Å². The second-order valence-corrected chi connectivity index (χ2v) is 4.65. The molecule has 1 aromatic heterocycles. The smallest absolute Gasteiger partial charge is 0.138 e. The molecule has 0 saturated carbocycles. The van der Waals surface area contributed by atoms with Crippen LogP contribution in [0.15, 0.2) is 22.7 Å². The molecule has 2 aromatic rings. The van der Waals surface area contributed by atoms with Crippen LogP contribution in [0.1, 0.15) is 22.6 Å². The molecule has 0 aliphatic carbocycles. The van der Waals surface area contributed by atoms with E-state index in [4.69, 9.17) is 22.5 Å². The van der Waals surface area contributed by atoms with Gasteiger partial charge in [0.15, 0.2) is 0 Å². The lowest BCUT2D eigenvalue weighted by Crippen LogP contribution is -2.12. The van der Waals surface area contributed by atoms with E-state index in [-0.39, 0.29) is 10.6 Å². The van der Waals surface area contributed by atoms with Crippen LogP contribution in [0.2, 0.25) is 0 Å². The SMILES string of the molecule is Cc1noc(C)c1CNc1ccc(C(N)=S)c(F)c1. The number of benzene rings is 1. The van der Waals surface area contributed by atoms with Gasteiger partial charge >= 0.3 is 0 Å². The number of anilines is 1. The van der Waals surface area contributed by atoms with Crippen molar-refractivity contribution in [2.24, 2.45) is 5.73 Å². The van der Waals surface area contributed by atoms with E-state index in [0.717, 1.165) is 17.0 Å². The van der Waals surface area contributed by atoms with E-state index in [9.17, 15) is 4.39 Å².